The quantitative estimate of drug-likeness (QED) is 0.430. The van der Waals surface area contributed by atoms with Crippen LogP contribution in [0.25, 0.3) is 0 Å². The van der Waals surface area contributed by atoms with E-state index in [1.54, 1.807) is 24.7 Å². The molecule has 2 N–H and O–H groups in total. The molecule has 3 heteroatoms. The highest BCUT2D eigenvalue weighted by Crippen LogP contribution is 2.61. The average molecular weight is 341 g/mol. The molecule has 3 nitrogen and oxygen atoms in total. The number of hydroxylamine groups is 1. The van der Waals surface area contributed by atoms with E-state index in [9.17, 15) is 4.79 Å². The van der Waals surface area contributed by atoms with Gasteiger partial charge in [-0.25, -0.2) is 5.48 Å². The van der Waals surface area contributed by atoms with Crippen LogP contribution >= 0.6 is 0 Å². The van der Waals surface area contributed by atoms with Gasteiger partial charge in [-0.2, -0.15) is 0 Å². The van der Waals surface area contributed by atoms with Crippen LogP contribution < -0.4 is 5.48 Å². The zero-order valence-electron chi connectivity index (χ0n) is 15.2. The first-order chi connectivity index (χ1) is 12.1. The molecule has 1 amide bonds. The Morgan fingerprint density at radius 1 is 0.960 bits per heavy atom. The van der Waals surface area contributed by atoms with Crippen LogP contribution in [0.5, 0.6) is 0 Å². The van der Waals surface area contributed by atoms with Crippen molar-refractivity contribution in [2.45, 2.75) is 70.6 Å². The number of rotatable bonds is 7. The lowest BCUT2D eigenvalue weighted by Crippen LogP contribution is -2.45. The minimum absolute atomic E-state index is 0.239. The summed E-state index contributed by atoms with van der Waals surface area (Å²) in [4.78, 5) is 11.2. The number of hydrogen-bond donors (Lipinski definition) is 2. The smallest absolute Gasteiger partial charge is 0.247 e. The minimum atomic E-state index is -0.358. The van der Waals surface area contributed by atoms with Crippen molar-refractivity contribution in [1.29, 1.82) is 0 Å². The normalized spacial score (nSPS) is 32.8. The molecule has 1 aromatic rings. The van der Waals surface area contributed by atoms with E-state index in [4.69, 9.17) is 5.21 Å². The van der Waals surface area contributed by atoms with E-state index in [-0.39, 0.29) is 12.3 Å². The first-order valence-electron chi connectivity index (χ1n) is 10.1. The Hall–Kier alpha value is -1.35. The first-order valence-corrected chi connectivity index (χ1v) is 10.1. The molecule has 0 aromatic heterocycles. The van der Waals surface area contributed by atoms with Gasteiger partial charge in [-0.15, -0.1) is 0 Å². The summed E-state index contributed by atoms with van der Waals surface area (Å²) in [5.41, 5.74) is 4.71. The van der Waals surface area contributed by atoms with E-state index in [0.29, 0.717) is 0 Å². The molecule has 0 atom stereocenters. The van der Waals surface area contributed by atoms with Gasteiger partial charge in [-0.05, 0) is 92.1 Å². The van der Waals surface area contributed by atoms with Gasteiger partial charge in [-0.1, -0.05) is 30.7 Å². The van der Waals surface area contributed by atoms with Gasteiger partial charge >= 0.3 is 0 Å². The molecule has 0 aliphatic heterocycles. The molecule has 4 bridgehead atoms. The predicted octanol–water partition coefficient (Wildman–Crippen LogP) is 4.66. The number of nitrogens with one attached hydrogen (secondary N) is 1. The molecule has 1 aromatic carbocycles. The molecule has 4 aliphatic carbocycles. The van der Waals surface area contributed by atoms with Gasteiger partial charge in [0.1, 0.15) is 0 Å². The predicted molar refractivity (Wildman–Crippen MR) is 98.2 cm³/mol. The number of benzene rings is 1. The fourth-order valence-electron chi connectivity index (χ4n) is 6.47. The third-order valence-electron chi connectivity index (χ3n) is 7.10. The fraction of sp³-hybridized carbons (Fsp3) is 0.682. The number of unbranched alkanes of at least 4 members (excludes halogenated alkanes) is 1. The second-order valence-electron chi connectivity index (χ2n) is 9.15. The Bertz CT molecular complexity index is 572. The van der Waals surface area contributed by atoms with Crippen LogP contribution in [0, 0.1) is 23.2 Å². The molecule has 0 spiro atoms. The summed E-state index contributed by atoms with van der Waals surface area (Å²) in [6.07, 6.45) is 14.7. The van der Waals surface area contributed by atoms with Crippen molar-refractivity contribution >= 4 is 5.91 Å². The van der Waals surface area contributed by atoms with Crippen LogP contribution in [0.15, 0.2) is 24.3 Å². The number of hydrogen-bond acceptors (Lipinski definition) is 2. The third-order valence-corrected chi connectivity index (χ3v) is 7.10. The molecular weight excluding hydrogens is 310 g/mol. The Balaban J connectivity index is 1.23. The maximum atomic E-state index is 11.2. The van der Waals surface area contributed by atoms with Crippen LogP contribution in [0.2, 0.25) is 0 Å². The zero-order valence-corrected chi connectivity index (χ0v) is 15.2. The van der Waals surface area contributed by atoms with Crippen molar-refractivity contribution < 1.29 is 10.0 Å². The molecule has 5 rings (SSSR count). The van der Waals surface area contributed by atoms with Gasteiger partial charge in [0, 0.05) is 0 Å². The van der Waals surface area contributed by atoms with E-state index in [2.05, 4.69) is 12.1 Å². The van der Waals surface area contributed by atoms with Crippen LogP contribution in [-0.2, 0) is 17.6 Å². The first kappa shape index (κ1) is 17.1. The van der Waals surface area contributed by atoms with E-state index < -0.39 is 0 Å². The summed E-state index contributed by atoms with van der Waals surface area (Å²) in [5.74, 6) is 2.84. The topological polar surface area (TPSA) is 49.3 Å². The summed E-state index contributed by atoms with van der Waals surface area (Å²) in [7, 11) is 0. The Labute approximate surface area is 151 Å². The number of aryl methyl sites for hydroxylation is 1. The molecule has 4 aliphatic rings. The van der Waals surface area contributed by atoms with Crippen molar-refractivity contribution in [2.24, 2.45) is 23.2 Å². The lowest BCUT2D eigenvalue weighted by Gasteiger charge is -2.57. The summed E-state index contributed by atoms with van der Waals surface area (Å²) < 4.78 is 0. The molecule has 4 fully saturated rings. The molecular formula is C22H31NO2. The van der Waals surface area contributed by atoms with Gasteiger partial charge in [0.05, 0.1) is 6.42 Å². The van der Waals surface area contributed by atoms with Crippen LogP contribution in [0.4, 0.5) is 0 Å². The molecule has 0 saturated heterocycles. The summed E-state index contributed by atoms with van der Waals surface area (Å²) >= 11 is 0. The Morgan fingerprint density at radius 2 is 1.52 bits per heavy atom. The average Bonchev–Trinajstić information content (AvgIpc) is 2.59. The number of carbonyl (C=O) groups excluding carboxylic acids is 1. The van der Waals surface area contributed by atoms with E-state index >= 15 is 0 Å². The molecule has 0 radical (unpaired) electrons. The highest BCUT2D eigenvalue weighted by Gasteiger charge is 2.50. The second kappa shape index (κ2) is 7.11. The standard InChI is InChI=1S/C22H31NO2/c24-21(23-25)12-17-6-4-16(5-7-17)3-1-2-8-22-13-18-9-19(14-22)11-20(10-18)15-22/h4-7,18-20,25H,1-3,8-15H2,(H,23,24). The lowest BCUT2D eigenvalue weighted by atomic mass is 9.48. The van der Waals surface area contributed by atoms with Crippen molar-refractivity contribution in [1.82, 2.24) is 5.48 Å². The SMILES string of the molecule is O=C(Cc1ccc(CCCCC23CC4CC(CC(C4)C2)C3)cc1)NO. The molecule has 25 heavy (non-hydrogen) atoms. The molecule has 136 valence electrons. The monoisotopic (exact) mass is 341 g/mol. The van der Waals surface area contributed by atoms with E-state index in [0.717, 1.165) is 35.2 Å². The second-order valence-corrected chi connectivity index (χ2v) is 9.15. The van der Waals surface area contributed by atoms with Gasteiger partial charge in [-0.3, -0.25) is 10.0 Å². The highest BCUT2D eigenvalue weighted by molar-refractivity contribution is 5.77. The zero-order chi connectivity index (χ0) is 17.3. The van der Waals surface area contributed by atoms with Gasteiger partial charge < -0.3 is 0 Å². The number of amides is 1. The Kier molecular flexibility index (Phi) is 4.86. The van der Waals surface area contributed by atoms with Gasteiger partial charge in [0.2, 0.25) is 5.91 Å². The lowest BCUT2D eigenvalue weighted by molar-refractivity contribution is -0.128. The van der Waals surface area contributed by atoms with Crippen LogP contribution in [-0.4, -0.2) is 11.1 Å². The van der Waals surface area contributed by atoms with Crippen LogP contribution in [0.3, 0.4) is 0 Å². The summed E-state index contributed by atoms with van der Waals surface area (Å²) in [6, 6.07) is 8.27. The van der Waals surface area contributed by atoms with Crippen molar-refractivity contribution in [3.05, 3.63) is 35.4 Å². The van der Waals surface area contributed by atoms with E-state index in [1.165, 1.54) is 44.1 Å². The number of carbonyl (C=O) groups is 1. The van der Waals surface area contributed by atoms with Gasteiger partial charge in [0.15, 0.2) is 0 Å². The fourth-order valence-corrected chi connectivity index (χ4v) is 6.47. The maximum Gasteiger partial charge on any atom is 0.247 e. The van der Waals surface area contributed by atoms with Crippen molar-refractivity contribution in [2.75, 3.05) is 0 Å². The Morgan fingerprint density at radius 3 is 2.08 bits per heavy atom. The highest BCUT2D eigenvalue weighted by atomic mass is 16.5. The molecule has 0 unspecified atom stereocenters. The van der Waals surface area contributed by atoms with Crippen molar-refractivity contribution in [3.63, 3.8) is 0 Å². The largest absolute Gasteiger partial charge is 0.289 e. The van der Waals surface area contributed by atoms with Crippen LogP contribution in [0.1, 0.15) is 68.9 Å². The molecule has 4 saturated carbocycles. The summed E-state index contributed by atoms with van der Waals surface area (Å²) in [5, 5.41) is 8.58. The summed E-state index contributed by atoms with van der Waals surface area (Å²) in [6.45, 7) is 0. The molecule has 0 heterocycles. The van der Waals surface area contributed by atoms with E-state index in [1.807, 2.05) is 12.1 Å². The van der Waals surface area contributed by atoms with Gasteiger partial charge in [0.25, 0.3) is 0 Å². The maximum absolute atomic E-state index is 11.2. The van der Waals surface area contributed by atoms with Crippen molar-refractivity contribution in [3.8, 4) is 0 Å². The minimum Gasteiger partial charge on any atom is -0.289 e. The third kappa shape index (κ3) is 3.92.